The molecular formula is C14H9F2N5O. The normalized spacial score (nSPS) is 10.5. The Balaban J connectivity index is 1.85. The second kappa shape index (κ2) is 5.68. The molecule has 0 fully saturated rings. The lowest BCUT2D eigenvalue weighted by molar-refractivity contribution is 0.102. The molecule has 0 saturated heterocycles. The van der Waals surface area contributed by atoms with E-state index in [-0.39, 0.29) is 17.3 Å². The molecule has 3 rings (SSSR count). The fraction of sp³-hybridized carbons (Fsp3) is 0. The first-order chi connectivity index (χ1) is 10.6. The zero-order chi connectivity index (χ0) is 15.5. The Bertz CT molecular complexity index is 803. The van der Waals surface area contributed by atoms with Gasteiger partial charge in [0.25, 0.3) is 11.9 Å². The minimum Gasteiger partial charge on any atom is -0.288 e. The summed E-state index contributed by atoms with van der Waals surface area (Å²) in [4.78, 5) is 11.9. The van der Waals surface area contributed by atoms with Gasteiger partial charge in [-0.05, 0) is 40.6 Å². The largest absolute Gasteiger partial charge is 0.288 e. The number of anilines is 1. The van der Waals surface area contributed by atoms with Crippen molar-refractivity contribution in [1.82, 2.24) is 20.6 Å². The molecule has 0 saturated carbocycles. The van der Waals surface area contributed by atoms with Crippen molar-refractivity contribution in [2.24, 2.45) is 0 Å². The second-order valence-electron chi connectivity index (χ2n) is 4.39. The van der Waals surface area contributed by atoms with Crippen LogP contribution in [0.3, 0.4) is 0 Å². The van der Waals surface area contributed by atoms with Gasteiger partial charge in [0.1, 0.15) is 11.6 Å². The number of H-pyrrole nitrogens is 1. The van der Waals surface area contributed by atoms with Crippen LogP contribution in [0.4, 0.5) is 14.7 Å². The summed E-state index contributed by atoms with van der Waals surface area (Å²) in [6.07, 6.45) is 0. The lowest BCUT2D eigenvalue weighted by atomic mass is 10.0. The molecule has 2 N–H and O–H groups in total. The Morgan fingerprint density at radius 2 is 1.77 bits per heavy atom. The van der Waals surface area contributed by atoms with Crippen molar-refractivity contribution in [3.8, 4) is 11.1 Å². The van der Waals surface area contributed by atoms with Crippen LogP contribution in [0.1, 0.15) is 10.4 Å². The highest BCUT2D eigenvalue weighted by atomic mass is 19.1. The summed E-state index contributed by atoms with van der Waals surface area (Å²) in [5.41, 5.74) is 1.02. The molecule has 0 atom stereocenters. The van der Waals surface area contributed by atoms with Crippen LogP contribution in [0, 0.1) is 11.6 Å². The molecule has 1 amide bonds. The van der Waals surface area contributed by atoms with E-state index in [1.807, 2.05) is 0 Å². The van der Waals surface area contributed by atoms with Gasteiger partial charge >= 0.3 is 0 Å². The van der Waals surface area contributed by atoms with Gasteiger partial charge in [0.2, 0.25) is 0 Å². The molecular weight excluding hydrogens is 292 g/mol. The van der Waals surface area contributed by atoms with Crippen molar-refractivity contribution in [3.63, 3.8) is 0 Å². The van der Waals surface area contributed by atoms with Gasteiger partial charge in [-0.3, -0.25) is 10.1 Å². The van der Waals surface area contributed by atoms with Crippen molar-refractivity contribution in [2.75, 3.05) is 5.32 Å². The molecule has 2 aromatic carbocycles. The molecule has 1 aromatic heterocycles. The molecule has 0 unspecified atom stereocenters. The molecule has 3 aromatic rings. The Kier molecular flexibility index (Phi) is 3.57. The van der Waals surface area contributed by atoms with Crippen molar-refractivity contribution >= 4 is 11.9 Å². The van der Waals surface area contributed by atoms with Crippen LogP contribution >= 0.6 is 0 Å². The standard InChI is InChI=1S/C14H9F2N5O/c15-10-4-1-8(2-5-10)9-3-6-11(12(16)7-9)13(22)17-14-18-20-21-19-14/h1-7H,(H2,17,18,19,20,21,22). The zero-order valence-electron chi connectivity index (χ0n) is 11.0. The monoisotopic (exact) mass is 301 g/mol. The van der Waals surface area contributed by atoms with E-state index in [2.05, 4.69) is 25.9 Å². The highest BCUT2D eigenvalue weighted by molar-refractivity contribution is 6.03. The number of aromatic amines is 1. The molecule has 6 nitrogen and oxygen atoms in total. The van der Waals surface area contributed by atoms with Crippen LogP contribution in [0.15, 0.2) is 42.5 Å². The van der Waals surface area contributed by atoms with Gasteiger partial charge in [-0.15, -0.1) is 5.10 Å². The summed E-state index contributed by atoms with van der Waals surface area (Å²) >= 11 is 0. The summed E-state index contributed by atoms with van der Waals surface area (Å²) < 4.78 is 27.0. The number of carbonyl (C=O) groups is 1. The predicted molar refractivity (Wildman–Crippen MR) is 73.9 cm³/mol. The van der Waals surface area contributed by atoms with Gasteiger partial charge in [-0.2, -0.15) is 5.21 Å². The summed E-state index contributed by atoms with van der Waals surface area (Å²) in [5, 5.41) is 14.8. The third kappa shape index (κ3) is 2.80. The number of amides is 1. The van der Waals surface area contributed by atoms with Crippen LogP contribution < -0.4 is 5.32 Å². The number of aromatic nitrogens is 4. The minimum absolute atomic E-state index is 0.0491. The SMILES string of the molecule is O=C(Nc1nn[nH]n1)c1ccc(-c2ccc(F)cc2)cc1F. The minimum atomic E-state index is -0.706. The molecule has 110 valence electrons. The van der Waals surface area contributed by atoms with E-state index in [1.54, 1.807) is 6.07 Å². The van der Waals surface area contributed by atoms with Gasteiger partial charge in [-0.25, -0.2) is 8.78 Å². The molecule has 0 radical (unpaired) electrons. The molecule has 0 bridgehead atoms. The van der Waals surface area contributed by atoms with E-state index in [9.17, 15) is 13.6 Å². The van der Waals surface area contributed by atoms with Gasteiger partial charge < -0.3 is 0 Å². The smallest absolute Gasteiger partial charge is 0.270 e. The molecule has 1 heterocycles. The number of nitrogens with one attached hydrogen (secondary N) is 2. The maximum Gasteiger partial charge on any atom is 0.270 e. The fourth-order valence-electron chi connectivity index (χ4n) is 1.90. The third-order valence-electron chi connectivity index (χ3n) is 2.96. The van der Waals surface area contributed by atoms with Crippen molar-refractivity contribution in [1.29, 1.82) is 0 Å². The van der Waals surface area contributed by atoms with Crippen molar-refractivity contribution < 1.29 is 13.6 Å². The number of carbonyl (C=O) groups excluding carboxylic acids is 1. The number of rotatable bonds is 3. The topological polar surface area (TPSA) is 83.6 Å². The Labute approximate surface area is 123 Å². The second-order valence-corrected chi connectivity index (χ2v) is 4.39. The van der Waals surface area contributed by atoms with Gasteiger partial charge in [0, 0.05) is 0 Å². The summed E-state index contributed by atoms with van der Waals surface area (Å²) in [7, 11) is 0. The number of nitrogens with zero attached hydrogens (tertiary/aromatic N) is 3. The Morgan fingerprint density at radius 1 is 1.05 bits per heavy atom. The van der Waals surface area contributed by atoms with E-state index in [1.165, 1.54) is 36.4 Å². The first-order valence-corrected chi connectivity index (χ1v) is 6.24. The average molecular weight is 301 g/mol. The predicted octanol–water partition coefficient (Wildman–Crippen LogP) is 2.40. The molecule has 8 heteroatoms. The van der Waals surface area contributed by atoms with Crippen LogP contribution in [0.25, 0.3) is 11.1 Å². The van der Waals surface area contributed by atoms with Crippen molar-refractivity contribution in [3.05, 3.63) is 59.7 Å². The number of halogens is 2. The van der Waals surface area contributed by atoms with E-state index in [4.69, 9.17) is 0 Å². The van der Waals surface area contributed by atoms with E-state index < -0.39 is 11.7 Å². The van der Waals surface area contributed by atoms with Gasteiger partial charge in [-0.1, -0.05) is 23.3 Å². The fourth-order valence-corrected chi connectivity index (χ4v) is 1.90. The number of tetrazole rings is 1. The highest BCUT2D eigenvalue weighted by Crippen LogP contribution is 2.22. The maximum absolute atomic E-state index is 14.1. The van der Waals surface area contributed by atoms with Gasteiger partial charge in [0.05, 0.1) is 5.56 Å². The maximum atomic E-state index is 14.1. The first-order valence-electron chi connectivity index (χ1n) is 6.24. The lowest BCUT2D eigenvalue weighted by Gasteiger charge is -2.06. The van der Waals surface area contributed by atoms with Crippen LogP contribution in [-0.2, 0) is 0 Å². The third-order valence-corrected chi connectivity index (χ3v) is 2.96. The van der Waals surface area contributed by atoms with Crippen LogP contribution in [-0.4, -0.2) is 26.5 Å². The summed E-state index contributed by atoms with van der Waals surface area (Å²) in [6, 6.07) is 9.74. The highest BCUT2D eigenvalue weighted by Gasteiger charge is 2.14. The zero-order valence-corrected chi connectivity index (χ0v) is 11.0. The molecule has 0 aliphatic carbocycles. The molecule has 22 heavy (non-hydrogen) atoms. The number of hydrogen-bond donors (Lipinski definition) is 2. The van der Waals surface area contributed by atoms with Crippen molar-refractivity contribution in [2.45, 2.75) is 0 Å². The quantitative estimate of drug-likeness (QED) is 0.778. The lowest BCUT2D eigenvalue weighted by Crippen LogP contribution is -2.14. The number of benzene rings is 2. The summed E-state index contributed by atoms with van der Waals surface area (Å²) in [5.74, 6) is -1.82. The van der Waals surface area contributed by atoms with Gasteiger partial charge in [0.15, 0.2) is 0 Å². The average Bonchev–Trinajstić information content (AvgIpc) is 3.00. The first kappa shape index (κ1) is 13.8. The van der Waals surface area contributed by atoms with E-state index in [0.29, 0.717) is 11.1 Å². The molecule has 0 spiro atoms. The van der Waals surface area contributed by atoms with E-state index >= 15 is 0 Å². The summed E-state index contributed by atoms with van der Waals surface area (Å²) in [6.45, 7) is 0. The number of hydrogen-bond acceptors (Lipinski definition) is 4. The molecule has 0 aliphatic heterocycles. The Morgan fingerprint density at radius 3 is 2.41 bits per heavy atom. The Hall–Kier alpha value is -3.16. The van der Waals surface area contributed by atoms with Crippen LogP contribution in [0.2, 0.25) is 0 Å². The van der Waals surface area contributed by atoms with E-state index in [0.717, 1.165) is 0 Å². The molecule has 0 aliphatic rings. The van der Waals surface area contributed by atoms with Crippen LogP contribution in [0.5, 0.6) is 0 Å².